The average molecular weight is 425 g/mol. The molecule has 0 heterocycles. The maximum Gasteiger partial charge on any atom is 0.243 e. The minimum Gasteiger partial charge on any atom is -0.346 e. The quantitative estimate of drug-likeness (QED) is 0.717. The second-order valence-electron chi connectivity index (χ2n) is 5.57. The number of amides is 2. The molecule has 25 heavy (non-hydrogen) atoms. The lowest BCUT2D eigenvalue weighted by atomic mass is 10.2. The third kappa shape index (κ3) is 6.49. The van der Waals surface area contributed by atoms with Crippen LogP contribution >= 0.6 is 27.5 Å². The third-order valence-electron chi connectivity index (χ3n) is 3.41. The Bertz CT molecular complexity index is 755. The summed E-state index contributed by atoms with van der Waals surface area (Å²) in [4.78, 5) is 25.7. The van der Waals surface area contributed by atoms with E-state index in [1.165, 1.54) is 0 Å². The van der Waals surface area contributed by atoms with E-state index in [0.29, 0.717) is 17.3 Å². The van der Waals surface area contributed by atoms with Gasteiger partial charge in [-0.1, -0.05) is 41.9 Å². The SMILES string of the molecule is CN(CC(=O)NCC(=O)Nc1ccccc1Br)Cc1ccccc1Cl. The maximum atomic E-state index is 12.0. The standard InChI is InChI=1S/C18H19BrClN3O2/c1-23(11-13-6-2-4-8-15(13)20)12-18(25)21-10-17(24)22-16-9-5-3-7-14(16)19/h2-9H,10-12H2,1H3,(H,21,25)(H,22,24). The molecule has 0 aliphatic heterocycles. The van der Waals surface area contributed by atoms with E-state index < -0.39 is 0 Å². The summed E-state index contributed by atoms with van der Waals surface area (Å²) in [5, 5.41) is 6.02. The lowest BCUT2D eigenvalue weighted by Gasteiger charge is -2.17. The lowest BCUT2D eigenvalue weighted by molar-refractivity contribution is -0.124. The minimum absolute atomic E-state index is 0.0832. The monoisotopic (exact) mass is 423 g/mol. The van der Waals surface area contributed by atoms with E-state index in [4.69, 9.17) is 11.6 Å². The van der Waals surface area contributed by atoms with Gasteiger partial charge in [-0.15, -0.1) is 0 Å². The van der Waals surface area contributed by atoms with Gasteiger partial charge in [0.25, 0.3) is 0 Å². The molecule has 0 atom stereocenters. The highest BCUT2D eigenvalue weighted by atomic mass is 79.9. The highest BCUT2D eigenvalue weighted by molar-refractivity contribution is 9.10. The second-order valence-corrected chi connectivity index (χ2v) is 6.83. The van der Waals surface area contributed by atoms with E-state index in [-0.39, 0.29) is 24.9 Å². The van der Waals surface area contributed by atoms with Gasteiger partial charge in [0.05, 0.1) is 18.8 Å². The largest absolute Gasteiger partial charge is 0.346 e. The first-order valence-corrected chi connectivity index (χ1v) is 8.86. The molecule has 2 N–H and O–H groups in total. The fourth-order valence-corrected chi connectivity index (χ4v) is 2.79. The lowest BCUT2D eigenvalue weighted by Crippen LogP contribution is -2.39. The van der Waals surface area contributed by atoms with Crippen LogP contribution in [0.15, 0.2) is 53.0 Å². The second kappa shape index (κ2) is 9.56. The van der Waals surface area contributed by atoms with Crippen molar-refractivity contribution < 1.29 is 9.59 Å². The van der Waals surface area contributed by atoms with Crippen molar-refractivity contribution in [2.45, 2.75) is 6.54 Å². The van der Waals surface area contributed by atoms with Crippen LogP contribution in [0, 0.1) is 0 Å². The smallest absolute Gasteiger partial charge is 0.243 e. The molecule has 132 valence electrons. The summed E-state index contributed by atoms with van der Waals surface area (Å²) in [6.07, 6.45) is 0. The van der Waals surface area contributed by atoms with Gasteiger partial charge in [-0.25, -0.2) is 0 Å². The number of carbonyl (C=O) groups is 2. The van der Waals surface area contributed by atoms with Gasteiger partial charge < -0.3 is 10.6 Å². The molecule has 5 nitrogen and oxygen atoms in total. The molecule has 0 unspecified atom stereocenters. The van der Waals surface area contributed by atoms with Crippen LogP contribution in [-0.2, 0) is 16.1 Å². The van der Waals surface area contributed by atoms with Gasteiger partial charge in [0.2, 0.25) is 11.8 Å². The van der Waals surface area contributed by atoms with Crippen molar-refractivity contribution in [1.29, 1.82) is 0 Å². The van der Waals surface area contributed by atoms with Crippen molar-refractivity contribution in [3.63, 3.8) is 0 Å². The number of benzene rings is 2. The van der Waals surface area contributed by atoms with Gasteiger partial charge in [-0.05, 0) is 46.7 Å². The summed E-state index contributed by atoms with van der Waals surface area (Å²) in [6, 6.07) is 14.8. The molecule has 0 aliphatic rings. The van der Waals surface area contributed by atoms with Crippen LogP contribution in [0.4, 0.5) is 5.69 Å². The van der Waals surface area contributed by atoms with Crippen molar-refractivity contribution >= 4 is 45.0 Å². The van der Waals surface area contributed by atoms with Crippen LogP contribution in [0.2, 0.25) is 5.02 Å². The Morgan fingerprint density at radius 3 is 2.48 bits per heavy atom. The number of halogens is 2. The summed E-state index contributed by atoms with van der Waals surface area (Å²) in [6.45, 7) is 0.643. The summed E-state index contributed by atoms with van der Waals surface area (Å²) in [5.41, 5.74) is 1.61. The Morgan fingerprint density at radius 1 is 1.08 bits per heavy atom. The molecule has 0 spiro atoms. The maximum absolute atomic E-state index is 12.0. The third-order valence-corrected chi connectivity index (χ3v) is 4.47. The Morgan fingerprint density at radius 2 is 1.76 bits per heavy atom. The molecular formula is C18H19BrClN3O2. The molecule has 2 aromatic carbocycles. The van der Waals surface area contributed by atoms with E-state index in [2.05, 4.69) is 26.6 Å². The Hall–Kier alpha value is -1.89. The molecule has 0 aliphatic carbocycles. The summed E-state index contributed by atoms with van der Waals surface area (Å²) in [7, 11) is 1.82. The number of likely N-dealkylation sites (N-methyl/N-ethyl adjacent to an activating group) is 1. The predicted octanol–water partition coefficient (Wildman–Crippen LogP) is 3.29. The fourth-order valence-electron chi connectivity index (χ4n) is 2.21. The molecule has 0 saturated carbocycles. The molecule has 2 amide bonds. The molecule has 7 heteroatoms. The van der Waals surface area contributed by atoms with Gasteiger partial charge in [0.1, 0.15) is 0 Å². The number of nitrogens with zero attached hydrogens (tertiary/aromatic N) is 1. The van der Waals surface area contributed by atoms with Gasteiger partial charge in [-0.2, -0.15) is 0 Å². The summed E-state index contributed by atoms with van der Waals surface area (Å²) < 4.78 is 0.786. The van der Waals surface area contributed by atoms with Crippen LogP contribution in [-0.4, -0.2) is 36.9 Å². The molecule has 0 aromatic heterocycles. The highest BCUT2D eigenvalue weighted by Gasteiger charge is 2.11. The van der Waals surface area contributed by atoms with E-state index in [1.807, 2.05) is 54.4 Å². The van der Waals surface area contributed by atoms with Crippen LogP contribution in [0.25, 0.3) is 0 Å². The number of rotatable bonds is 7. The van der Waals surface area contributed by atoms with Crippen LogP contribution in [0.1, 0.15) is 5.56 Å². The zero-order chi connectivity index (χ0) is 18.2. The van der Waals surface area contributed by atoms with Crippen molar-refractivity contribution in [1.82, 2.24) is 10.2 Å². The van der Waals surface area contributed by atoms with Crippen LogP contribution in [0.5, 0.6) is 0 Å². The van der Waals surface area contributed by atoms with Crippen molar-refractivity contribution in [2.24, 2.45) is 0 Å². The molecule has 2 rings (SSSR count). The van der Waals surface area contributed by atoms with E-state index in [0.717, 1.165) is 10.0 Å². The number of anilines is 1. The Kier molecular flexibility index (Phi) is 7.43. The number of carbonyl (C=O) groups excluding carboxylic acids is 2. The molecule has 0 saturated heterocycles. The van der Waals surface area contributed by atoms with E-state index in [9.17, 15) is 9.59 Å². The topological polar surface area (TPSA) is 61.4 Å². The van der Waals surface area contributed by atoms with Crippen molar-refractivity contribution in [3.05, 3.63) is 63.6 Å². The van der Waals surface area contributed by atoms with Gasteiger partial charge in [0.15, 0.2) is 0 Å². The Balaban J connectivity index is 1.75. The molecular weight excluding hydrogens is 406 g/mol. The first-order chi connectivity index (χ1) is 12.0. The van der Waals surface area contributed by atoms with Crippen molar-refractivity contribution in [3.8, 4) is 0 Å². The molecule has 2 aromatic rings. The number of hydrogen-bond donors (Lipinski definition) is 2. The fraction of sp³-hybridized carbons (Fsp3) is 0.222. The molecule has 0 bridgehead atoms. The predicted molar refractivity (Wildman–Crippen MR) is 104 cm³/mol. The number of para-hydroxylation sites is 1. The normalized spacial score (nSPS) is 10.6. The van der Waals surface area contributed by atoms with Crippen molar-refractivity contribution in [2.75, 3.05) is 25.5 Å². The average Bonchev–Trinajstić information content (AvgIpc) is 2.57. The van der Waals surface area contributed by atoms with Gasteiger partial charge in [0, 0.05) is 16.0 Å². The zero-order valence-corrected chi connectivity index (χ0v) is 16.1. The van der Waals surface area contributed by atoms with Crippen LogP contribution in [0.3, 0.4) is 0 Å². The number of nitrogens with one attached hydrogen (secondary N) is 2. The summed E-state index contributed by atoms with van der Waals surface area (Å²) in [5.74, 6) is -0.508. The number of hydrogen-bond acceptors (Lipinski definition) is 3. The van der Waals surface area contributed by atoms with E-state index in [1.54, 1.807) is 6.07 Å². The minimum atomic E-state index is -0.283. The highest BCUT2D eigenvalue weighted by Crippen LogP contribution is 2.20. The Labute approximate surface area is 160 Å². The zero-order valence-electron chi connectivity index (χ0n) is 13.8. The van der Waals surface area contributed by atoms with E-state index >= 15 is 0 Å². The first-order valence-electron chi connectivity index (χ1n) is 7.68. The van der Waals surface area contributed by atoms with Crippen LogP contribution < -0.4 is 10.6 Å². The summed E-state index contributed by atoms with van der Waals surface area (Å²) >= 11 is 9.47. The molecule has 0 fully saturated rings. The first kappa shape index (κ1) is 19.4. The molecule has 0 radical (unpaired) electrons. The van der Waals surface area contributed by atoms with Gasteiger partial charge in [-0.3, -0.25) is 14.5 Å². The van der Waals surface area contributed by atoms with Gasteiger partial charge >= 0.3 is 0 Å².